The van der Waals surface area contributed by atoms with Crippen molar-refractivity contribution in [2.75, 3.05) is 5.32 Å². The summed E-state index contributed by atoms with van der Waals surface area (Å²) in [7, 11) is 0. The summed E-state index contributed by atoms with van der Waals surface area (Å²) >= 11 is 1.28. The molecule has 100 valence electrons. The van der Waals surface area contributed by atoms with Crippen LogP contribution >= 0.6 is 11.3 Å². The first kappa shape index (κ1) is 11.5. The zero-order valence-electron chi connectivity index (χ0n) is 10.3. The van der Waals surface area contributed by atoms with E-state index in [0.717, 1.165) is 16.1 Å². The van der Waals surface area contributed by atoms with E-state index in [1.54, 1.807) is 6.20 Å². The number of primary amides is 1. The van der Waals surface area contributed by atoms with E-state index in [1.807, 2.05) is 12.1 Å². The lowest BCUT2D eigenvalue weighted by Gasteiger charge is -2.20. The molecule has 1 spiro atoms. The molecule has 0 fully saturated rings. The van der Waals surface area contributed by atoms with Crippen LogP contribution in [-0.4, -0.2) is 21.8 Å². The molecule has 0 saturated heterocycles. The standard InChI is InChI=1S/C13H10N4O2S/c14-9(18)11-16-7-4-13(5-8(7)20-11)6-2-1-3-15-10(6)17-12(13)19/h1-3H,4-5H2,(H2,14,18)(H,15,17,19). The zero-order valence-corrected chi connectivity index (χ0v) is 11.2. The Kier molecular flexibility index (Phi) is 2.10. The van der Waals surface area contributed by atoms with E-state index in [9.17, 15) is 9.59 Å². The molecule has 7 heteroatoms. The van der Waals surface area contributed by atoms with Gasteiger partial charge in [0.1, 0.15) is 5.82 Å². The summed E-state index contributed by atoms with van der Waals surface area (Å²) in [6.07, 6.45) is 2.71. The van der Waals surface area contributed by atoms with Crippen LogP contribution in [-0.2, 0) is 23.1 Å². The van der Waals surface area contributed by atoms with Crippen molar-refractivity contribution in [3.63, 3.8) is 0 Å². The molecule has 1 aliphatic carbocycles. The highest BCUT2D eigenvalue weighted by Gasteiger charge is 2.52. The summed E-state index contributed by atoms with van der Waals surface area (Å²) in [6, 6.07) is 3.75. The smallest absolute Gasteiger partial charge is 0.277 e. The lowest BCUT2D eigenvalue weighted by molar-refractivity contribution is -0.120. The molecule has 3 N–H and O–H groups in total. The summed E-state index contributed by atoms with van der Waals surface area (Å²) in [5, 5.41) is 3.14. The van der Waals surface area contributed by atoms with Gasteiger partial charge < -0.3 is 11.1 Å². The number of rotatable bonds is 1. The topological polar surface area (TPSA) is 98.0 Å². The van der Waals surface area contributed by atoms with E-state index in [1.165, 1.54) is 11.3 Å². The molecule has 0 saturated carbocycles. The summed E-state index contributed by atoms with van der Waals surface area (Å²) in [5.74, 6) is 0.0659. The molecule has 3 heterocycles. The molecular formula is C13H10N4O2S. The maximum absolute atomic E-state index is 12.4. The number of thiazole rings is 1. The number of nitrogens with one attached hydrogen (secondary N) is 1. The van der Waals surface area contributed by atoms with Gasteiger partial charge in [0.25, 0.3) is 5.91 Å². The number of carbonyl (C=O) groups excluding carboxylic acids is 2. The third kappa shape index (κ3) is 1.32. The van der Waals surface area contributed by atoms with Gasteiger partial charge in [0.05, 0.1) is 11.1 Å². The van der Waals surface area contributed by atoms with Gasteiger partial charge in [0.2, 0.25) is 5.91 Å². The maximum atomic E-state index is 12.4. The molecule has 4 rings (SSSR count). The lowest BCUT2D eigenvalue weighted by Crippen LogP contribution is -2.35. The first-order valence-electron chi connectivity index (χ1n) is 6.15. The van der Waals surface area contributed by atoms with Gasteiger partial charge in [-0.1, -0.05) is 6.07 Å². The average Bonchev–Trinajstić information content (AvgIpc) is 3.02. The van der Waals surface area contributed by atoms with Crippen LogP contribution in [0.1, 0.15) is 25.9 Å². The van der Waals surface area contributed by atoms with E-state index in [0.29, 0.717) is 23.7 Å². The summed E-state index contributed by atoms with van der Waals surface area (Å²) in [6.45, 7) is 0. The Morgan fingerprint density at radius 3 is 3.05 bits per heavy atom. The van der Waals surface area contributed by atoms with Crippen molar-refractivity contribution >= 4 is 29.0 Å². The quantitative estimate of drug-likeness (QED) is 0.803. The number of aromatic nitrogens is 2. The van der Waals surface area contributed by atoms with Crippen LogP contribution in [0.15, 0.2) is 18.3 Å². The molecule has 2 aromatic rings. The first-order chi connectivity index (χ1) is 9.60. The fourth-order valence-corrected chi connectivity index (χ4v) is 4.02. The second-order valence-corrected chi connectivity index (χ2v) is 6.13. The van der Waals surface area contributed by atoms with Crippen molar-refractivity contribution < 1.29 is 9.59 Å². The van der Waals surface area contributed by atoms with Gasteiger partial charge in [-0.2, -0.15) is 0 Å². The number of anilines is 1. The van der Waals surface area contributed by atoms with E-state index in [2.05, 4.69) is 15.3 Å². The molecule has 2 aliphatic rings. The Labute approximate surface area is 118 Å². The molecular weight excluding hydrogens is 276 g/mol. The van der Waals surface area contributed by atoms with Crippen molar-refractivity contribution in [1.82, 2.24) is 9.97 Å². The number of hydrogen-bond acceptors (Lipinski definition) is 5. The predicted molar refractivity (Wildman–Crippen MR) is 72.6 cm³/mol. The largest absolute Gasteiger partial charge is 0.364 e. The van der Waals surface area contributed by atoms with E-state index >= 15 is 0 Å². The summed E-state index contributed by atoms with van der Waals surface area (Å²) in [5.41, 5.74) is 6.34. The minimum atomic E-state index is -0.617. The van der Waals surface area contributed by atoms with Crippen LogP contribution < -0.4 is 11.1 Å². The van der Waals surface area contributed by atoms with Gasteiger partial charge in [-0.05, 0) is 6.07 Å². The van der Waals surface area contributed by atoms with E-state index in [4.69, 9.17) is 5.73 Å². The van der Waals surface area contributed by atoms with Gasteiger partial charge in [-0.25, -0.2) is 9.97 Å². The fraction of sp³-hybridized carbons (Fsp3) is 0.231. The minimum Gasteiger partial charge on any atom is -0.364 e. The molecule has 0 bridgehead atoms. The Bertz CT molecular complexity index is 744. The highest BCUT2D eigenvalue weighted by molar-refractivity contribution is 7.13. The second kappa shape index (κ2) is 3.63. The van der Waals surface area contributed by atoms with Crippen molar-refractivity contribution in [2.45, 2.75) is 18.3 Å². The molecule has 0 radical (unpaired) electrons. The average molecular weight is 286 g/mol. The van der Waals surface area contributed by atoms with Crippen molar-refractivity contribution in [3.8, 4) is 0 Å². The van der Waals surface area contributed by atoms with Gasteiger partial charge in [0, 0.05) is 29.5 Å². The van der Waals surface area contributed by atoms with Gasteiger partial charge in [0.15, 0.2) is 5.01 Å². The lowest BCUT2D eigenvalue weighted by atomic mass is 9.80. The van der Waals surface area contributed by atoms with Gasteiger partial charge in [-0.15, -0.1) is 11.3 Å². The van der Waals surface area contributed by atoms with Crippen LogP contribution in [0.25, 0.3) is 0 Å². The number of pyridine rings is 1. The van der Waals surface area contributed by atoms with Crippen molar-refractivity contribution in [1.29, 1.82) is 0 Å². The van der Waals surface area contributed by atoms with Crippen LogP contribution in [0.4, 0.5) is 5.82 Å². The Morgan fingerprint density at radius 2 is 2.30 bits per heavy atom. The second-order valence-electron chi connectivity index (χ2n) is 5.04. The number of nitrogens with two attached hydrogens (primary N) is 1. The van der Waals surface area contributed by atoms with Crippen LogP contribution in [0.3, 0.4) is 0 Å². The Balaban J connectivity index is 1.80. The Hall–Kier alpha value is -2.28. The summed E-state index contributed by atoms with van der Waals surface area (Å²) in [4.78, 5) is 33.0. The number of nitrogens with zero attached hydrogens (tertiary/aromatic N) is 2. The highest BCUT2D eigenvalue weighted by atomic mass is 32.1. The van der Waals surface area contributed by atoms with Gasteiger partial charge >= 0.3 is 0 Å². The van der Waals surface area contributed by atoms with Gasteiger partial charge in [-0.3, -0.25) is 9.59 Å². The molecule has 1 unspecified atom stereocenters. The third-order valence-corrected chi connectivity index (χ3v) is 5.02. The predicted octanol–water partition coefficient (Wildman–Crippen LogP) is 0.626. The zero-order chi connectivity index (χ0) is 13.9. The minimum absolute atomic E-state index is 0.0444. The van der Waals surface area contributed by atoms with Crippen LogP contribution in [0.2, 0.25) is 0 Å². The van der Waals surface area contributed by atoms with Crippen LogP contribution in [0, 0.1) is 0 Å². The fourth-order valence-electron chi connectivity index (χ4n) is 2.98. The normalized spacial score (nSPS) is 22.7. The summed E-state index contributed by atoms with van der Waals surface area (Å²) < 4.78 is 0. The monoisotopic (exact) mass is 286 g/mol. The molecule has 2 aromatic heterocycles. The molecule has 1 aliphatic heterocycles. The number of fused-ring (bicyclic) bond motifs is 3. The number of amides is 2. The maximum Gasteiger partial charge on any atom is 0.277 e. The SMILES string of the molecule is NC(=O)c1nc2c(s1)CC1(C2)C(=O)Nc2ncccc21. The molecule has 1 atom stereocenters. The number of carbonyl (C=O) groups is 2. The Morgan fingerprint density at radius 1 is 1.45 bits per heavy atom. The molecule has 6 nitrogen and oxygen atoms in total. The molecule has 2 amide bonds. The first-order valence-corrected chi connectivity index (χ1v) is 6.97. The van der Waals surface area contributed by atoms with E-state index in [-0.39, 0.29) is 5.91 Å². The number of hydrogen-bond donors (Lipinski definition) is 2. The molecule has 20 heavy (non-hydrogen) atoms. The molecule has 0 aromatic carbocycles. The van der Waals surface area contributed by atoms with Crippen molar-refractivity contribution in [2.24, 2.45) is 5.73 Å². The van der Waals surface area contributed by atoms with Crippen LogP contribution in [0.5, 0.6) is 0 Å². The highest BCUT2D eigenvalue weighted by Crippen LogP contribution is 2.47. The van der Waals surface area contributed by atoms with E-state index < -0.39 is 11.3 Å². The van der Waals surface area contributed by atoms with Crippen molar-refractivity contribution in [3.05, 3.63) is 39.5 Å². The third-order valence-electron chi connectivity index (χ3n) is 3.91.